The van der Waals surface area contributed by atoms with Crippen molar-refractivity contribution >= 4 is 38.7 Å². The summed E-state index contributed by atoms with van der Waals surface area (Å²) in [6, 6.07) is 14.6. The van der Waals surface area contributed by atoms with Crippen molar-refractivity contribution in [2.45, 2.75) is 6.42 Å². The minimum atomic E-state index is -3.07. The minimum absolute atomic E-state index is 0.0466. The number of imidazole rings is 1. The molecule has 35 heavy (non-hydrogen) atoms. The maximum absolute atomic E-state index is 13.6. The van der Waals surface area contributed by atoms with E-state index in [1.165, 1.54) is 0 Å². The van der Waals surface area contributed by atoms with Crippen molar-refractivity contribution in [1.82, 2.24) is 14.4 Å². The number of benzene rings is 2. The number of carbonyl (C=O) groups excluding carboxylic acids is 2. The fourth-order valence-corrected chi connectivity index (χ4v) is 5.85. The van der Waals surface area contributed by atoms with E-state index < -0.39 is 9.84 Å². The molecule has 1 amide bonds. The van der Waals surface area contributed by atoms with Crippen LogP contribution in [0, 0.1) is 0 Å². The Morgan fingerprint density at radius 3 is 2.57 bits per heavy atom. The van der Waals surface area contributed by atoms with E-state index in [-0.39, 0.29) is 35.3 Å². The van der Waals surface area contributed by atoms with Crippen LogP contribution in [0.4, 0.5) is 11.5 Å². The molecule has 0 atom stereocenters. The predicted molar refractivity (Wildman–Crippen MR) is 131 cm³/mol. The molecule has 1 saturated heterocycles. The fourth-order valence-electron chi connectivity index (χ4n) is 4.65. The van der Waals surface area contributed by atoms with Crippen LogP contribution in [0.25, 0.3) is 16.9 Å². The average Bonchev–Trinajstić information content (AvgIpc) is 3.43. The van der Waals surface area contributed by atoms with Crippen molar-refractivity contribution < 1.29 is 18.0 Å². The topological polar surface area (TPSA) is 114 Å². The average molecular weight is 488 g/mol. The van der Waals surface area contributed by atoms with Crippen LogP contribution >= 0.6 is 0 Å². The largest absolute Gasteiger partial charge is 0.351 e. The van der Waals surface area contributed by atoms with Crippen LogP contribution in [0.3, 0.4) is 0 Å². The van der Waals surface area contributed by atoms with Gasteiger partial charge in [-0.1, -0.05) is 36.4 Å². The zero-order valence-electron chi connectivity index (χ0n) is 18.6. The van der Waals surface area contributed by atoms with Crippen LogP contribution in [0.1, 0.15) is 21.6 Å². The van der Waals surface area contributed by atoms with E-state index in [0.717, 1.165) is 16.8 Å². The number of rotatable bonds is 4. The first kappa shape index (κ1) is 21.5. The highest BCUT2D eigenvalue weighted by Crippen LogP contribution is 2.34. The van der Waals surface area contributed by atoms with E-state index in [2.05, 4.69) is 10.3 Å². The van der Waals surface area contributed by atoms with Gasteiger partial charge in [-0.3, -0.25) is 14.0 Å². The number of fused-ring (bicyclic) bond motifs is 2. The highest BCUT2D eigenvalue weighted by Gasteiger charge is 2.29. The number of hydrogen-bond donors (Lipinski definition) is 1. The molecule has 2 aromatic carbocycles. The van der Waals surface area contributed by atoms with Gasteiger partial charge in [-0.25, -0.2) is 18.4 Å². The molecule has 0 unspecified atom stereocenters. The van der Waals surface area contributed by atoms with Crippen LogP contribution in [0.5, 0.6) is 0 Å². The zero-order valence-corrected chi connectivity index (χ0v) is 19.5. The summed E-state index contributed by atoms with van der Waals surface area (Å²) in [4.78, 5) is 36.7. The molecule has 9 nitrogen and oxygen atoms in total. The number of nitrogens with zero attached hydrogens (tertiary/aromatic N) is 4. The SMILES string of the molecule is O=C1Cc2cc(-c3c(C(=O)c4ccccc4)nc4c(N5CCS(=O)(=O)CC5)nccn34)ccc2N1. The van der Waals surface area contributed by atoms with Gasteiger partial charge in [0.25, 0.3) is 0 Å². The number of aromatic nitrogens is 3. The maximum atomic E-state index is 13.6. The summed E-state index contributed by atoms with van der Waals surface area (Å²) in [7, 11) is -3.07. The van der Waals surface area contributed by atoms with Gasteiger partial charge in [0, 0.05) is 42.3 Å². The Balaban J connectivity index is 1.54. The van der Waals surface area contributed by atoms with Crippen LogP contribution < -0.4 is 10.2 Å². The molecule has 2 aromatic heterocycles. The molecule has 0 bridgehead atoms. The predicted octanol–water partition coefficient (Wildman–Crippen LogP) is 2.36. The van der Waals surface area contributed by atoms with Gasteiger partial charge < -0.3 is 10.2 Å². The molecular formula is C25H21N5O4S. The Morgan fingerprint density at radius 2 is 1.80 bits per heavy atom. The lowest BCUT2D eigenvalue weighted by molar-refractivity contribution is -0.115. The number of sulfone groups is 1. The lowest BCUT2D eigenvalue weighted by Crippen LogP contribution is -2.40. The highest BCUT2D eigenvalue weighted by molar-refractivity contribution is 7.91. The van der Waals surface area contributed by atoms with Crippen molar-refractivity contribution in [3.05, 3.63) is 77.7 Å². The standard InChI is InChI=1S/C25H21N5O4S/c31-20-15-18-14-17(6-7-19(18)27-20)22-21(23(32)16-4-2-1-3-5-16)28-25-24(26-8-9-30(22)25)29-10-12-35(33,34)13-11-29/h1-9,14H,10-13,15H2,(H,27,31). The quantitative estimate of drug-likeness (QED) is 0.440. The summed E-state index contributed by atoms with van der Waals surface area (Å²) < 4.78 is 25.7. The van der Waals surface area contributed by atoms with Crippen molar-refractivity contribution in [2.75, 3.05) is 34.8 Å². The normalized spacial score (nSPS) is 16.8. The molecular weight excluding hydrogens is 466 g/mol. The van der Waals surface area contributed by atoms with E-state index in [4.69, 9.17) is 4.98 Å². The Hall–Kier alpha value is -4.05. The molecule has 10 heteroatoms. The van der Waals surface area contributed by atoms with Gasteiger partial charge in [-0.05, 0) is 17.7 Å². The molecule has 176 valence electrons. The summed E-state index contributed by atoms with van der Waals surface area (Å²) in [6.07, 6.45) is 3.66. The molecule has 0 aliphatic carbocycles. The maximum Gasteiger partial charge on any atom is 0.228 e. The highest BCUT2D eigenvalue weighted by atomic mass is 32.2. The number of anilines is 2. The van der Waals surface area contributed by atoms with Crippen LogP contribution in [0.15, 0.2) is 60.9 Å². The van der Waals surface area contributed by atoms with E-state index in [1.54, 1.807) is 36.7 Å². The lowest BCUT2D eigenvalue weighted by Gasteiger charge is -2.27. The van der Waals surface area contributed by atoms with E-state index in [9.17, 15) is 18.0 Å². The van der Waals surface area contributed by atoms with Gasteiger partial charge in [0.15, 0.2) is 21.3 Å². The van der Waals surface area contributed by atoms with Gasteiger partial charge in [-0.15, -0.1) is 0 Å². The summed E-state index contributed by atoms with van der Waals surface area (Å²) >= 11 is 0. The minimum Gasteiger partial charge on any atom is -0.351 e. The molecule has 1 fully saturated rings. The first-order chi connectivity index (χ1) is 16.9. The summed E-state index contributed by atoms with van der Waals surface area (Å²) in [5, 5.41) is 2.83. The second-order valence-corrected chi connectivity index (χ2v) is 11.0. The third-order valence-electron chi connectivity index (χ3n) is 6.42. The second-order valence-electron chi connectivity index (χ2n) is 8.68. The number of carbonyl (C=O) groups is 2. The van der Waals surface area contributed by atoms with Crippen molar-refractivity contribution in [3.8, 4) is 11.3 Å². The molecule has 4 aromatic rings. The smallest absolute Gasteiger partial charge is 0.228 e. The first-order valence-electron chi connectivity index (χ1n) is 11.2. The number of nitrogens with one attached hydrogen (secondary N) is 1. The number of amides is 1. The van der Waals surface area contributed by atoms with Crippen LogP contribution in [-0.4, -0.2) is 59.1 Å². The van der Waals surface area contributed by atoms with E-state index >= 15 is 0 Å². The fraction of sp³-hybridized carbons (Fsp3) is 0.200. The summed E-state index contributed by atoms with van der Waals surface area (Å²) in [5.41, 5.74) is 4.24. The van der Waals surface area contributed by atoms with E-state index in [1.807, 2.05) is 33.6 Å². The van der Waals surface area contributed by atoms with Gasteiger partial charge in [0.2, 0.25) is 11.7 Å². The van der Waals surface area contributed by atoms with Gasteiger partial charge in [0.05, 0.1) is 23.6 Å². The second kappa shape index (κ2) is 8.02. The third-order valence-corrected chi connectivity index (χ3v) is 8.03. The van der Waals surface area contributed by atoms with Crippen LogP contribution in [0.2, 0.25) is 0 Å². The van der Waals surface area contributed by atoms with Crippen molar-refractivity contribution in [1.29, 1.82) is 0 Å². The monoisotopic (exact) mass is 487 g/mol. The molecule has 2 aliphatic heterocycles. The molecule has 6 rings (SSSR count). The molecule has 0 spiro atoms. The Labute approximate surface area is 201 Å². The van der Waals surface area contributed by atoms with Gasteiger partial charge in [-0.2, -0.15) is 0 Å². The Kier molecular flexibility index (Phi) is 4.92. The lowest BCUT2D eigenvalue weighted by atomic mass is 10.0. The number of ketones is 1. The number of hydrogen-bond acceptors (Lipinski definition) is 7. The van der Waals surface area contributed by atoms with Gasteiger partial charge in [0.1, 0.15) is 5.69 Å². The summed E-state index contributed by atoms with van der Waals surface area (Å²) in [6.45, 7) is 0.623. The van der Waals surface area contributed by atoms with E-state index in [0.29, 0.717) is 35.8 Å². The molecule has 0 radical (unpaired) electrons. The summed E-state index contributed by atoms with van der Waals surface area (Å²) in [5.74, 6) is 0.331. The van der Waals surface area contributed by atoms with Crippen molar-refractivity contribution in [3.63, 3.8) is 0 Å². The molecule has 0 saturated carbocycles. The Bertz CT molecular complexity index is 1600. The molecule has 2 aliphatic rings. The Morgan fingerprint density at radius 1 is 1.03 bits per heavy atom. The molecule has 1 N–H and O–H groups in total. The van der Waals surface area contributed by atoms with Gasteiger partial charge >= 0.3 is 0 Å². The zero-order chi connectivity index (χ0) is 24.2. The third kappa shape index (κ3) is 3.75. The first-order valence-corrected chi connectivity index (χ1v) is 13.1. The van der Waals surface area contributed by atoms with Crippen molar-refractivity contribution in [2.24, 2.45) is 0 Å². The molecule has 4 heterocycles. The van der Waals surface area contributed by atoms with Crippen LogP contribution in [-0.2, 0) is 21.1 Å².